The van der Waals surface area contributed by atoms with E-state index in [1.807, 2.05) is 0 Å². The summed E-state index contributed by atoms with van der Waals surface area (Å²) in [5, 5.41) is 3.43. The molecule has 0 aliphatic heterocycles. The van der Waals surface area contributed by atoms with Gasteiger partial charge in [-0.1, -0.05) is 40.5 Å². The molecule has 1 aromatic heterocycles. The zero-order valence-corrected chi connectivity index (χ0v) is 20.1. The van der Waals surface area contributed by atoms with Crippen molar-refractivity contribution in [2.24, 2.45) is 16.6 Å². The third-order valence-electron chi connectivity index (χ3n) is 5.47. The third-order valence-corrected chi connectivity index (χ3v) is 6.54. The summed E-state index contributed by atoms with van der Waals surface area (Å²) in [4.78, 5) is 24.6. The van der Waals surface area contributed by atoms with Gasteiger partial charge in [-0.05, 0) is 45.2 Å². The third kappa shape index (κ3) is 9.26. The highest BCUT2D eigenvalue weighted by Gasteiger charge is 2.16. The van der Waals surface area contributed by atoms with Gasteiger partial charge in [0.05, 0.1) is 11.7 Å². The number of carbonyl (C=O) groups excluding carboxylic acids is 1. The molecule has 1 amide bonds. The van der Waals surface area contributed by atoms with Crippen LogP contribution in [0, 0.1) is 5.92 Å². The van der Waals surface area contributed by atoms with Crippen molar-refractivity contribution in [1.29, 1.82) is 0 Å². The molecule has 1 rings (SSSR count). The van der Waals surface area contributed by atoms with Gasteiger partial charge >= 0.3 is 0 Å². The Labute approximate surface area is 181 Å². The minimum absolute atomic E-state index is 0.241. The lowest BCUT2D eigenvalue weighted by molar-refractivity contribution is -0.115. The van der Waals surface area contributed by atoms with Gasteiger partial charge in [0.2, 0.25) is 5.91 Å². The molecule has 0 spiro atoms. The summed E-state index contributed by atoms with van der Waals surface area (Å²) in [5.74, 6) is 0.638. The van der Waals surface area contributed by atoms with Crippen LogP contribution in [0.3, 0.4) is 0 Å². The van der Waals surface area contributed by atoms with E-state index < -0.39 is 0 Å². The number of unbranched alkanes of at least 4 members (excludes halogenated alkanes) is 2. The Kier molecular flexibility index (Phi) is 12.1. The molecule has 0 aromatic carbocycles. The minimum Gasteiger partial charge on any atom is -0.369 e. The van der Waals surface area contributed by atoms with Crippen LogP contribution in [0.15, 0.2) is 10.4 Å². The van der Waals surface area contributed by atoms with Crippen molar-refractivity contribution < 1.29 is 4.79 Å². The number of guanidine groups is 1. The first-order valence-corrected chi connectivity index (χ1v) is 12.0. The Morgan fingerprint density at radius 3 is 2.48 bits per heavy atom. The molecule has 29 heavy (non-hydrogen) atoms. The molecule has 166 valence electrons. The molecule has 1 heterocycles. The van der Waals surface area contributed by atoms with E-state index in [1.165, 1.54) is 17.6 Å². The molecule has 0 aliphatic carbocycles. The van der Waals surface area contributed by atoms with Crippen molar-refractivity contribution in [2.75, 3.05) is 26.2 Å². The highest BCUT2D eigenvalue weighted by molar-refractivity contribution is 7.09. The van der Waals surface area contributed by atoms with E-state index in [-0.39, 0.29) is 5.91 Å². The number of rotatable bonds is 13. The largest absolute Gasteiger partial charge is 0.369 e. The number of aliphatic imine (C=N–C) groups is 1. The lowest BCUT2D eigenvalue weighted by Crippen LogP contribution is -2.41. The highest BCUT2D eigenvalue weighted by Crippen LogP contribution is 2.24. The number of aromatic nitrogens is 1. The van der Waals surface area contributed by atoms with Crippen molar-refractivity contribution in [3.8, 4) is 0 Å². The molecule has 0 saturated carbocycles. The first-order chi connectivity index (χ1) is 13.8. The smallest absolute Gasteiger partial charge is 0.245 e. The van der Waals surface area contributed by atoms with Gasteiger partial charge in [-0.25, -0.2) is 4.98 Å². The molecule has 0 aliphatic rings. The Morgan fingerprint density at radius 1 is 1.21 bits per heavy atom. The zero-order chi connectivity index (χ0) is 21.8. The summed E-state index contributed by atoms with van der Waals surface area (Å²) in [6.45, 7) is 16.3. The van der Waals surface area contributed by atoms with Gasteiger partial charge in [-0.3, -0.25) is 9.69 Å². The van der Waals surface area contributed by atoms with Gasteiger partial charge in [0.25, 0.3) is 0 Å². The van der Waals surface area contributed by atoms with E-state index in [1.54, 1.807) is 11.3 Å². The SMILES string of the molecule is CCC(C)CN(CCCCCc1csc(C(C)N(CC)CC)n1)C(N)=NC(C)=O. The maximum absolute atomic E-state index is 11.3. The summed E-state index contributed by atoms with van der Waals surface area (Å²) in [7, 11) is 0. The first kappa shape index (κ1) is 25.6. The molecule has 6 nitrogen and oxygen atoms in total. The second-order valence-corrected chi connectivity index (χ2v) is 8.72. The monoisotopic (exact) mass is 423 g/mol. The van der Waals surface area contributed by atoms with Crippen LogP contribution in [0.1, 0.15) is 84.0 Å². The van der Waals surface area contributed by atoms with E-state index >= 15 is 0 Å². The first-order valence-electron chi connectivity index (χ1n) is 11.1. The molecular weight excluding hydrogens is 382 g/mol. The van der Waals surface area contributed by atoms with Crippen LogP contribution >= 0.6 is 11.3 Å². The van der Waals surface area contributed by atoms with E-state index in [0.29, 0.717) is 17.9 Å². The lowest BCUT2D eigenvalue weighted by Gasteiger charge is -2.26. The fourth-order valence-corrected chi connectivity index (χ4v) is 4.32. The van der Waals surface area contributed by atoms with Gasteiger partial charge in [0.1, 0.15) is 5.01 Å². The summed E-state index contributed by atoms with van der Waals surface area (Å²) in [6.07, 6.45) is 5.37. The predicted octanol–water partition coefficient (Wildman–Crippen LogP) is 4.47. The van der Waals surface area contributed by atoms with Gasteiger partial charge in [-0.15, -0.1) is 11.3 Å². The summed E-state index contributed by atoms with van der Waals surface area (Å²) in [5.41, 5.74) is 7.26. The quantitative estimate of drug-likeness (QED) is 0.288. The Bertz CT molecular complexity index is 626. The molecule has 0 saturated heterocycles. The normalized spacial score (nSPS) is 14.2. The van der Waals surface area contributed by atoms with Crippen LogP contribution in [-0.4, -0.2) is 52.8 Å². The molecule has 2 unspecified atom stereocenters. The van der Waals surface area contributed by atoms with E-state index in [4.69, 9.17) is 10.7 Å². The van der Waals surface area contributed by atoms with Crippen molar-refractivity contribution in [1.82, 2.24) is 14.8 Å². The predicted molar refractivity (Wildman–Crippen MR) is 124 cm³/mol. The maximum Gasteiger partial charge on any atom is 0.245 e. The van der Waals surface area contributed by atoms with Crippen LogP contribution in [-0.2, 0) is 11.2 Å². The molecule has 2 N–H and O–H groups in total. The van der Waals surface area contributed by atoms with Crippen LogP contribution in [0.2, 0.25) is 0 Å². The number of nitrogens with two attached hydrogens (primary N) is 1. The second kappa shape index (κ2) is 13.7. The number of thiazole rings is 1. The molecule has 7 heteroatoms. The van der Waals surface area contributed by atoms with Gasteiger partial charge in [0, 0.05) is 25.4 Å². The van der Waals surface area contributed by atoms with Crippen LogP contribution in [0.25, 0.3) is 0 Å². The fraction of sp³-hybridized carbons (Fsp3) is 0.773. The van der Waals surface area contributed by atoms with Crippen molar-refractivity contribution in [3.05, 3.63) is 16.1 Å². The highest BCUT2D eigenvalue weighted by atomic mass is 32.1. The average molecular weight is 424 g/mol. The number of nitrogens with zero attached hydrogens (tertiary/aromatic N) is 4. The number of hydrogen-bond donors (Lipinski definition) is 1. The minimum atomic E-state index is -0.241. The van der Waals surface area contributed by atoms with Crippen molar-refractivity contribution in [2.45, 2.75) is 79.7 Å². The van der Waals surface area contributed by atoms with Crippen LogP contribution in [0.4, 0.5) is 0 Å². The number of amides is 1. The molecule has 0 fully saturated rings. The Balaban J connectivity index is 2.47. The van der Waals surface area contributed by atoms with Crippen molar-refractivity contribution >= 4 is 23.2 Å². The average Bonchev–Trinajstić information content (AvgIpc) is 3.15. The summed E-state index contributed by atoms with van der Waals surface area (Å²) >= 11 is 1.78. The van der Waals surface area contributed by atoms with Gasteiger partial charge in [-0.2, -0.15) is 4.99 Å². The Morgan fingerprint density at radius 2 is 1.90 bits per heavy atom. The number of hydrogen-bond acceptors (Lipinski definition) is 4. The van der Waals surface area contributed by atoms with Gasteiger partial charge in [0.15, 0.2) is 5.96 Å². The maximum atomic E-state index is 11.3. The molecule has 1 aromatic rings. The number of aryl methyl sites for hydroxylation is 1. The van der Waals surface area contributed by atoms with E-state index in [9.17, 15) is 4.79 Å². The van der Waals surface area contributed by atoms with E-state index in [0.717, 1.165) is 58.3 Å². The van der Waals surface area contributed by atoms with Crippen molar-refractivity contribution in [3.63, 3.8) is 0 Å². The number of carbonyl (C=O) groups is 1. The Hall–Kier alpha value is -1.47. The van der Waals surface area contributed by atoms with Crippen LogP contribution < -0.4 is 5.73 Å². The molecule has 2 atom stereocenters. The topological polar surface area (TPSA) is 74.8 Å². The summed E-state index contributed by atoms with van der Waals surface area (Å²) < 4.78 is 0. The second-order valence-electron chi connectivity index (χ2n) is 7.83. The zero-order valence-electron chi connectivity index (χ0n) is 19.3. The summed E-state index contributed by atoms with van der Waals surface area (Å²) in [6, 6.07) is 0.390. The molecular formula is C22H41N5OS. The van der Waals surface area contributed by atoms with Crippen LogP contribution in [0.5, 0.6) is 0 Å². The van der Waals surface area contributed by atoms with E-state index in [2.05, 4.69) is 54.8 Å². The standard InChI is InChI=1S/C22H41N5OS/c1-7-17(4)15-27(22(23)24-19(6)28)14-12-10-11-13-20-16-29-21(25-20)18(5)26(8-2)9-3/h16-18H,7-15H2,1-6H3,(H2,23,24,28). The lowest BCUT2D eigenvalue weighted by atomic mass is 10.1. The molecule has 0 radical (unpaired) electrons. The fourth-order valence-electron chi connectivity index (χ4n) is 3.38. The molecule has 0 bridgehead atoms. The van der Waals surface area contributed by atoms with Gasteiger partial charge < -0.3 is 10.6 Å².